The van der Waals surface area contributed by atoms with Gasteiger partial charge in [0.05, 0.1) is 0 Å². The second-order valence-corrected chi connectivity index (χ2v) is 4.89. The first kappa shape index (κ1) is 10.7. The minimum absolute atomic E-state index is 0.836. The van der Waals surface area contributed by atoms with Crippen LogP contribution in [0.15, 0.2) is 30.3 Å². The van der Waals surface area contributed by atoms with Gasteiger partial charge < -0.3 is 0 Å². The Morgan fingerprint density at radius 3 is 2.53 bits per heavy atom. The topological polar surface area (TPSA) is 0 Å². The summed E-state index contributed by atoms with van der Waals surface area (Å²) in [6.07, 6.45) is 8.51. The first-order chi connectivity index (χ1) is 7.40. The van der Waals surface area contributed by atoms with Crippen molar-refractivity contribution in [2.75, 3.05) is 0 Å². The van der Waals surface area contributed by atoms with Crippen molar-refractivity contribution in [3.63, 3.8) is 0 Å². The maximum Gasteiger partial charge on any atom is -0.0162 e. The summed E-state index contributed by atoms with van der Waals surface area (Å²) in [7, 11) is 0. The largest absolute Gasteiger partial charge is 0.0651 e. The van der Waals surface area contributed by atoms with E-state index in [1.807, 2.05) is 0 Å². The van der Waals surface area contributed by atoms with Crippen molar-refractivity contribution in [3.8, 4) is 0 Å². The quantitative estimate of drug-likeness (QED) is 0.606. The van der Waals surface area contributed by atoms with E-state index in [-0.39, 0.29) is 0 Å². The Balaban J connectivity index is 2.00. The molecular weight excluding hydrogens is 180 g/mol. The van der Waals surface area contributed by atoms with Crippen LogP contribution in [0, 0.1) is 5.92 Å². The Morgan fingerprint density at radius 1 is 1.00 bits per heavy atom. The number of rotatable bonds is 2. The van der Waals surface area contributed by atoms with E-state index in [0.29, 0.717) is 0 Å². The van der Waals surface area contributed by atoms with Crippen LogP contribution in [-0.2, 0) is 0 Å². The van der Waals surface area contributed by atoms with Gasteiger partial charge in [-0.15, -0.1) is 0 Å². The smallest absolute Gasteiger partial charge is 0.0162 e. The first-order valence-corrected chi connectivity index (χ1v) is 6.45. The van der Waals surface area contributed by atoms with Crippen LogP contribution < -0.4 is 0 Å². The van der Waals surface area contributed by atoms with Crippen molar-refractivity contribution in [1.29, 1.82) is 0 Å². The molecule has 1 aliphatic carbocycles. The molecule has 0 spiro atoms. The molecule has 15 heavy (non-hydrogen) atoms. The molecule has 2 atom stereocenters. The molecule has 2 unspecified atom stereocenters. The van der Waals surface area contributed by atoms with E-state index in [4.69, 9.17) is 0 Å². The van der Waals surface area contributed by atoms with Gasteiger partial charge in [0, 0.05) is 0 Å². The standard InChI is InChI=1S/C15H22/c1-2-13-7-6-10-15(12-11-13)14-8-4-3-5-9-14/h3-5,8-9,13,15H,2,6-7,10-12H2,1H3. The third kappa shape index (κ3) is 2.84. The van der Waals surface area contributed by atoms with Gasteiger partial charge >= 0.3 is 0 Å². The van der Waals surface area contributed by atoms with Crippen molar-refractivity contribution in [1.82, 2.24) is 0 Å². The van der Waals surface area contributed by atoms with Gasteiger partial charge in [-0.05, 0) is 36.7 Å². The molecule has 1 aliphatic rings. The van der Waals surface area contributed by atoms with Gasteiger partial charge in [0.1, 0.15) is 0 Å². The summed E-state index contributed by atoms with van der Waals surface area (Å²) in [4.78, 5) is 0. The van der Waals surface area contributed by atoms with E-state index in [9.17, 15) is 0 Å². The lowest BCUT2D eigenvalue weighted by Gasteiger charge is -2.14. The number of hydrogen-bond donors (Lipinski definition) is 0. The van der Waals surface area contributed by atoms with Gasteiger partial charge in [-0.3, -0.25) is 0 Å². The molecule has 2 rings (SSSR count). The molecule has 0 heterocycles. The Morgan fingerprint density at radius 2 is 1.80 bits per heavy atom. The maximum absolute atomic E-state index is 2.34. The van der Waals surface area contributed by atoms with Gasteiger partial charge in [-0.2, -0.15) is 0 Å². The Kier molecular flexibility index (Phi) is 3.82. The Hall–Kier alpha value is -0.780. The van der Waals surface area contributed by atoms with Crippen molar-refractivity contribution in [2.45, 2.75) is 51.4 Å². The molecule has 0 aliphatic heterocycles. The second-order valence-electron chi connectivity index (χ2n) is 4.89. The predicted molar refractivity (Wildman–Crippen MR) is 66.0 cm³/mol. The van der Waals surface area contributed by atoms with Gasteiger partial charge in [0.25, 0.3) is 0 Å². The molecular formula is C15H22. The second kappa shape index (κ2) is 5.34. The summed E-state index contributed by atoms with van der Waals surface area (Å²) in [5.41, 5.74) is 1.56. The molecule has 0 N–H and O–H groups in total. The van der Waals surface area contributed by atoms with Crippen LogP contribution in [0.5, 0.6) is 0 Å². The zero-order chi connectivity index (χ0) is 10.5. The SMILES string of the molecule is CCC1CCCC(c2ccccc2)CC1. The summed E-state index contributed by atoms with van der Waals surface area (Å²) in [5, 5.41) is 0. The van der Waals surface area contributed by atoms with Crippen molar-refractivity contribution in [3.05, 3.63) is 35.9 Å². The monoisotopic (exact) mass is 202 g/mol. The lowest BCUT2D eigenvalue weighted by Crippen LogP contribution is -1.98. The molecule has 0 saturated heterocycles. The molecule has 0 amide bonds. The van der Waals surface area contributed by atoms with Crippen LogP contribution in [0.2, 0.25) is 0 Å². The summed E-state index contributed by atoms with van der Waals surface area (Å²) in [5.74, 6) is 1.83. The first-order valence-electron chi connectivity index (χ1n) is 6.45. The molecule has 0 nitrogen and oxygen atoms in total. The summed E-state index contributed by atoms with van der Waals surface area (Å²) >= 11 is 0. The Bertz CT molecular complexity index is 275. The fourth-order valence-electron chi connectivity index (χ4n) is 2.85. The van der Waals surface area contributed by atoms with E-state index in [2.05, 4.69) is 37.3 Å². The zero-order valence-electron chi connectivity index (χ0n) is 9.78. The van der Waals surface area contributed by atoms with Crippen LogP contribution in [0.3, 0.4) is 0 Å². The van der Waals surface area contributed by atoms with Crippen molar-refractivity contribution < 1.29 is 0 Å². The summed E-state index contributed by atoms with van der Waals surface area (Å²) < 4.78 is 0. The molecule has 1 fully saturated rings. The molecule has 1 saturated carbocycles. The third-order valence-electron chi connectivity index (χ3n) is 3.94. The minimum atomic E-state index is 0.836. The van der Waals surface area contributed by atoms with Crippen LogP contribution >= 0.6 is 0 Å². The van der Waals surface area contributed by atoms with Crippen LogP contribution in [0.4, 0.5) is 0 Å². The fourth-order valence-corrected chi connectivity index (χ4v) is 2.85. The zero-order valence-corrected chi connectivity index (χ0v) is 9.78. The number of hydrogen-bond acceptors (Lipinski definition) is 0. The van der Waals surface area contributed by atoms with Gasteiger partial charge in [-0.1, -0.05) is 56.5 Å². The molecule has 1 aromatic carbocycles. The van der Waals surface area contributed by atoms with E-state index in [0.717, 1.165) is 11.8 Å². The van der Waals surface area contributed by atoms with Gasteiger partial charge in [-0.25, -0.2) is 0 Å². The molecule has 0 aromatic heterocycles. The lowest BCUT2D eigenvalue weighted by molar-refractivity contribution is 0.443. The highest BCUT2D eigenvalue weighted by Gasteiger charge is 2.18. The molecule has 82 valence electrons. The normalized spacial score (nSPS) is 27.3. The Labute approximate surface area is 93.7 Å². The van der Waals surface area contributed by atoms with E-state index < -0.39 is 0 Å². The van der Waals surface area contributed by atoms with Crippen LogP contribution in [-0.4, -0.2) is 0 Å². The maximum atomic E-state index is 2.34. The predicted octanol–water partition coefficient (Wildman–Crippen LogP) is 4.76. The fraction of sp³-hybridized carbons (Fsp3) is 0.600. The third-order valence-corrected chi connectivity index (χ3v) is 3.94. The molecule has 1 aromatic rings. The van der Waals surface area contributed by atoms with E-state index in [1.165, 1.54) is 38.5 Å². The molecule has 0 heteroatoms. The van der Waals surface area contributed by atoms with Crippen molar-refractivity contribution in [2.24, 2.45) is 5.92 Å². The molecule has 0 bridgehead atoms. The number of benzene rings is 1. The van der Waals surface area contributed by atoms with Crippen LogP contribution in [0.1, 0.15) is 56.9 Å². The van der Waals surface area contributed by atoms with E-state index in [1.54, 1.807) is 5.56 Å². The molecule has 0 radical (unpaired) electrons. The average Bonchev–Trinajstić information content (AvgIpc) is 2.55. The van der Waals surface area contributed by atoms with E-state index >= 15 is 0 Å². The van der Waals surface area contributed by atoms with Crippen molar-refractivity contribution >= 4 is 0 Å². The highest BCUT2D eigenvalue weighted by Crippen LogP contribution is 2.34. The van der Waals surface area contributed by atoms with Gasteiger partial charge in [0.15, 0.2) is 0 Å². The lowest BCUT2D eigenvalue weighted by atomic mass is 9.91. The van der Waals surface area contributed by atoms with Crippen LogP contribution in [0.25, 0.3) is 0 Å². The minimum Gasteiger partial charge on any atom is -0.0651 e. The average molecular weight is 202 g/mol. The summed E-state index contributed by atoms with van der Waals surface area (Å²) in [6.45, 7) is 2.34. The summed E-state index contributed by atoms with van der Waals surface area (Å²) in [6, 6.07) is 11.1. The van der Waals surface area contributed by atoms with Gasteiger partial charge in [0.2, 0.25) is 0 Å². The highest BCUT2D eigenvalue weighted by atomic mass is 14.2. The highest BCUT2D eigenvalue weighted by molar-refractivity contribution is 5.19.